The summed E-state index contributed by atoms with van der Waals surface area (Å²) < 4.78 is 0. The van der Waals surface area contributed by atoms with E-state index in [0.717, 1.165) is 13.1 Å². The fourth-order valence-corrected chi connectivity index (χ4v) is 3.95. The summed E-state index contributed by atoms with van der Waals surface area (Å²) in [7, 11) is 0. The average molecular weight is 397 g/mol. The predicted molar refractivity (Wildman–Crippen MR) is 115 cm³/mol. The fourth-order valence-electron chi connectivity index (χ4n) is 3.95. The maximum Gasteiger partial charge on any atom is 0.254 e. The van der Waals surface area contributed by atoms with Gasteiger partial charge in [0.25, 0.3) is 5.56 Å². The molecule has 156 valence electrons. The monoisotopic (exact) mass is 396 g/mol. The predicted octanol–water partition coefficient (Wildman–Crippen LogP) is 2.97. The molecule has 1 aromatic carbocycles. The Labute approximate surface area is 172 Å². The van der Waals surface area contributed by atoms with Crippen LogP contribution in [-0.2, 0) is 11.2 Å². The zero-order chi connectivity index (χ0) is 20.8. The lowest BCUT2D eigenvalue weighted by atomic mass is 10.0. The van der Waals surface area contributed by atoms with Crippen LogP contribution in [0.25, 0.3) is 0 Å². The summed E-state index contributed by atoms with van der Waals surface area (Å²) >= 11 is 0. The summed E-state index contributed by atoms with van der Waals surface area (Å²) in [5.41, 5.74) is 3.35. The van der Waals surface area contributed by atoms with Gasteiger partial charge in [0.15, 0.2) is 0 Å². The molecule has 2 N–H and O–H groups in total. The van der Waals surface area contributed by atoms with E-state index in [4.69, 9.17) is 0 Å². The summed E-state index contributed by atoms with van der Waals surface area (Å²) in [5, 5.41) is 3.10. The number of hydrogen-bond acceptors (Lipinski definition) is 4. The molecule has 1 unspecified atom stereocenters. The quantitative estimate of drug-likeness (QED) is 0.787. The van der Waals surface area contributed by atoms with Gasteiger partial charge < -0.3 is 10.3 Å². The van der Waals surface area contributed by atoms with Gasteiger partial charge in [-0.05, 0) is 52.3 Å². The van der Waals surface area contributed by atoms with E-state index in [-0.39, 0.29) is 23.9 Å². The van der Waals surface area contributed by atoms with Crippen molar-refractivity contribution in [2.24, 2.45) is 0 Å². The van der Waals surface area contributed by atoms with Gasteiger partial charge >= 0.3 is 0 Å². The highest BCUT2D eigenvalue weighted by molar-refractivity contribution is 5.78. The van der Waals surface area contributed by atoms with Crippen LogP contribution >= 0.6 is 0 Å². The van der Waals surface area contributed by atoms with E-state index in [0.29, 0.717) is 23.6 Å². The molecule has 1 aliphatic rings. The third kappa shape index (κ3) is 5.76. The van der Waals surface area contributed by atoms with Crippen molar-refractivity contribution < 1.29 is 4.79 Å². The second kappa shape index (κ2) is 9.83. The van der Waals surface area contributed by atoms with Gasteiger partial charge in [-0.25, -0.2) is 4.98 Å². The largest absolute Gasteiger partial charge is 0.354 e. The molecule has 1 aliphatic heterocycles. The third-order valence-electron chi connectivity index (χ3n) is 5.73. The summed E-state index contributed by atoms with van der Waals surface area (Å²) in [6.07, 6.45) is 5.07. The number of rotatable bonds is 6. The Balaban J connectivity index is 1.71. The van der Waals surface area contributed by atoms with Gasteiger partial charge in [-0.15, -0.1) is 0 Å². The molecule has 3 rings (SSSR count). The van der Waals surface area contributed by atoms with Crippen LogP contribution in [0.4, 0.5) is 0 Å². The first-order valence-corrected chi connectivity index (χ1v) is 10.6. The van der Waals surface area contributed by atoms with Gasteiger partial charge in [0, 0.05) is 12.1 Å². The van der Waals surface area contributed by atoms with Gasteiger partial charge in [-0.3, -0.25) is 14.5 Å². The van der Waals surface area contributed by atoms with Crippen LogP contribution in [0.1, 0.15) is 59.9 Å². The Morgan fingerprint density at radius 2 is 1.76 bits per heavy atom. The van der Waals surface area contributed by atoms with Crippen LogP contribution in [0.15, 0.2) is 29.1 Å². The summed E-state index contributed by atoms with van der Waals surface area (Å²) in [4.78, 5) is 34.1. The maximum absolute atomic E-state index is 12.6. The molecule has 2 heterocycles. The fraction of sp³-hybridized carbons (Fsp3) is 0.522. The second-order valence-corrected chi connectivity index (χ2v) is 8.08. The Hall–Kier alpha value is -2.47. The normalized spacial score (nSPS) is 16.2. The van der Waals surface area contributed by atoms with Gasteiger partial charge in [-0.2, -0.15) is 0 Å². The molecule has 0 spiro atoms. The number of nitrogens with zero attached hydrogens (tertiary/aromatic N) is 2. The van der Waals surface area contributed by atoms with Gasteiger partial charge in [-0.1, -0.05) is 42.7 Å². The Kier molecular flexibility index (Phi) is 7.20. The molecule has 6 heteroatoms. The van der Waals surface area contributed by atoms with E-state index in [1.54, 1.807) is 13.8 Å². The first kappa shape index (κ1) is 21.2. The van der Waals surface area contributed by atoms with Gasteiger partial charge in [0.1, 0.15) is 5.82 Å². The number of likely N-dealkylation sites (tertiary alicyclic amines) is 1. The minimum Gasteiger partial charge on any atom is -0.354 e. The van der Waals surface area contributed by atoms with E-state index in [9.17, 15) is 9.59 Å². The molecular formula is C23H32N4O2. The minimum atomic E-state index is -0.178. The topological polar surface area (TPSA) is 78.1 Å². The molecule has 0 aliphatic carbocycles. The van der Waals surface area contributed by atoms with E-state index < -0.39 is 0 Å². The van der Waals surface area contributed by atoms with Crippen LogP contribution in [0, 0.1) is 20.8 Å². The number of aromatic amines is 1. The highest BCUT2D eigenvalue weighted by Crippen LogP contribution is 2.24. The molecule has 1 aromatic heterocycles. The Morgan fingerprint density at radius 1 is 1.10 bits per heavy atom. The number of H-pyrrole nitrogens is 1. The van der Waals surface area contributed by atoms with Crippen molar-refractivity contribution in [1.82, 2.24) is 20.2 Å². The van der Waals surface area contributed by atoms with E-state index >= 15 is 0 Å². The van der Waals surface area contributed by atoms with Crippen LogP contribution in [0.5, 0.6) is 0 Å². The van der Waals surface area contributed by atoms with E-state index in [1.807, 2.05) is 0 Å². The number of aromatic nitrogens is 2. The number of hydrogen-bond donors (Lipinski definition) is 2. The average Bonchev–Trinajstić information content (AvgIpc) is 2.97. The molecular weight excluding hydrogens is 364 g/mol. The van der Waals surface area contributed by atoms with Crippen LogP contribution in [0.3, 0.4) is 0 Å². The van der Waals surface area contributed by atoms with Gasteiger partial charge in [0.05, 0.1) is 18.2 Å². The second-order valence-electron chi connectivity index (χ2n) is 8.08. The van der Waals surface area contributed by atoms with Crippen molar-refractivity contribution in [2.75, 3.05) is 19.6 Å². The molecule has 2 aromatic rings. The smallest absolute Gasteiger partial charge is 0.254 e. The van der Waals surface area contributed by atoms with Crippen LogP contribution in [0.2, 0.25) is 0 Å². The van der Waals surface area contributed by atoms with Crippen molar-refractivity contribution in [3.05, 3.63) is 62.8 Å². The number of carbonyl (C=O) groups excluding carboxylic acids is 1. The number of amides is 1. The van der Waals surface area contributed by atoms with Crippen molar-refractivity contribution in [3.63, 3.8) is 0 Å². The molecule has 0 saturated carbocycles. The molecule has 1 fully saturated rings. The lowest BCUT2D eigenvalue weighted by Crippen LogP contribution is -2.39. The highest BCUT2D eigenvalue weighted by Gasteiger charge is 2.22. The number of carbonyl (C=O) groups is 1. The van der Waals surface area contributed by atoms with E-state index in [1.165, 1.54) is 36.8 Å². The Morgan fingerprint density at radius 3 is 2.41 bits per heavy atom. The SMILES string of the molecule is Cc1ccc(C(CNC(=O)Cc2nc(C)[nH]c(=O)c2C)N2CCCCCC2)cc1. The first-order chi connectivity index (χ1) is 13.9. The lowest BCUT2D eigenvalue weighted by Gasteiger charge is -2.31. The molecule has 29 heavy (non-hydrogen) atoms. The molecule has 6 nitrogen and oxygen atoms in total. The standard InChI is InChI=1S/C23H32N4O2/c1-16-8-10-19(11-9-16)21(27-12-6-4-5-7-13-27)15-24-22(28)14-20-17(2)23(29)26-18(3)25-20/h8-11,21H,4-7,12-15H2,1-3H3,(H,24,28)(H,25,26,29). The third-order valence-corrected chi connectivity index (χ3v) is 5.73. The van der Waals surface area contributed by atoms with E-state index in [2.05, 4.69) is 51.4 Å². The van der Waals surface area contributed by atoms with Crippen molar-refractivity contribution in [1.29, 1.82) is 0 Å². The zero-order valence-electron chi connectivity index (χ0n) is 17.8. The molecule has 1 saturated heterocycles. The molecule has 0 radical (unpaired) electrons. The number of nitrogens with one attached hydrogen (secondary N) is 2. The lowest BCUT2D eigenvalue weighted by molar-refractivity contribution is -0.120. The summed E-state index contributed by atoms with van der Waals surface area (Å²) in [6, 6.07) is 8.77. The van der Waals surface area contributed by atoms with Crippen molar-refractivity contribution >= 4 is 5.91 Å². The van der Waals surface area contributed by atoms with Crippen molar-refractivity contribution in [3.8, 4) is 0 Å². The zero-order valence-corrected chi connectivity index (χ0v) is 17.8. The first-order valence-electron chi connectivity index (χ1n) is 10.6. The number of benzene rings is 1. The van der Waals surface area contributed by atoms with Gasteiger partial charge in [0.2, 0.25) is 5.91 Å². The Bertz CT molecular complexity index is 881. The molecule has 0 bridgehead atoms. The van der Waals surface area contributed by atoms with Crippen LogP contribution in [-0.4, -0.2) is 40.4 Å². The van der Waals surface area contributed by atoms with Crippen molar-refractivity contribution in [2.45, 2.75) is 58.9 Å². The highest BCUT2D eigenvalue weighted by atomic mass is 16.1. The summed E-state index contributed by atoms with van der Waals surface area (Å²) in [6.45, 7) is 8.20. The van der Waals surface area contributed by atoms with Crippen LogP contribution < -0.4 is 10.9 Å². The maximum atomic E-state index is 12.6. The molecule has 1 amide bonds. The minimum absolute atomic E-state index is 0.0995. The summed E-state index contributed by atoms with van der Waals surface area (Å²) in [5.74, 6) is 0.433. The molecule has 1 atom stereocenters. The number of aryl methyl sites for hydroxylation is 2.